The molecule has 0 aliphatic rings. The Hall–Kier alpha value is -1.46. The van der Waals surface area contributed by atoms with Crippen molar-refractivity contribution in [3.8, 4) is 11.5 Å². The minimum Gasteiger partial charge on any atom is -0.337 e. The van der Waals surface area contributed by atoms with Crippen LogP contribution < -0.4 is 5.73 Å². The van der Waals surface area contributed by atoms with Gasteiger partial charge in [-0.25, -0.2) is 0 Å². The van der Waals surface area contributed by atoms with Crippen LogP contribution >= 0.6 is 11.6 Å². The molecule has 0 aliphatic carbocycles. The van der Waals surface area contributed by atoms with E-state index in [1.165, 1.54) is 6.20 Å². The predicted octanol–water partition coefficient (Wildman–Crippen LogP) is 2.19. The second kappa shape index (κ2) is 4.59. The van der Waals surface area contributed by atoms with Gasteiger partial charge >= 0.3 is 0 Å². The summed E-state index contributed by atoms with van der Waals surface area (Å²) in [6.07, 6.45) is 2.28. The van der Waals surface area contributed by atoms with E-state index < -0.39 is 0 Å². The van der Waals surface area contributed by atoms with Crippen LogP contribution in [-0.2, 0) is 0 Å². The fourth-order valence-electron chi connectivity index (χ4n) is 1.17. The molecule has 2 aromatic heterocycles. The average molecular weight is 239 g/mol. The van der Waals surface area contributed by atoms with Gasteiger partial charge in [0.25, 0.3) is 0 Å². The van der Waals surface area contributed by atoms with E-state index in [-0.39, 0.29) is 6.04 Å². The highest BCUT2D eigenvalue weighted by atomic mass is 35.5. The zero-order chi connectivity index (χ0) is 11.5. The molecule has 2 aromatic rings. The lowest BCUT2D eigenvalue weighted by Crippen LogP contribution is -2.08. The van der Waals surface area contributed by atoms with Gasteiger partial charge in [-0.3, -0.25) is 4.98 Å². The van der Waals surface area contributed by atoms with Gasteiger partial charge in [-0.2, -0.15) is 4.98 Å². The number of rotatable bonds is 3. The zero-order valence-electron chi connectivity index (χ0n) is 8.72. The Balaban J connectivity index is 2.28. The van der Waals surface area contributed by atoms with Crippen LogP contribution in [0.4, 0.5) is 0 Å². The molecule has 0 aromatic carbocycles. The summed E-state index contributed by atoms with van der Waals surface area (Å²) < 4.78 is 5.04. The predicted molar refractivity (Wildman–Crippen MR) is 59.8 cm³/mol. The van der Waals surface area contributed by atoms with Gasteiger partial charge in [0.05, 0.1) is 11.1 Å². The van der Waals surface area contributed by atoms with E-state index in [9.17, 15) is 0 Å². The van der Waals surface area contributed by atoms with E-state index in [4.69, 9.17) is 21.9 Å². The Bertz CT molecular complexity index is 468. The van der Waals surface area contributed by atoms with Crippen molar-refractivity contribution in [1.29, 1.82) is 0 Å². The molecule has 5 nitrogen and oxygen atoms in total. The van der Waals surface area contributed by atoms with Crippen LogP contribution in [0, 0.1) is 0 Å². The van der Waals surface area contributed by atoms with Crippen molar-refractivity contribution in [2.75, 3.05) is 0 Å². The first-order valence-corrected chi connectivity index (χ1v) is 5.29. The first-order chi connectivity index (χ1) is 7.70. The van der Waals surface area contributed by atoms with Crippen molar-refractivity contribution < 1.29 is 4.52 Å². The molecule has 0 unspecified atom stereocenters. The Morgan fingerprint density at radius 3 is 2.94 bits per heavy atom. The molecule has 0 bridgehead atoms. The molecule has 2 rings (SSSR count). The quantitative estimate of drug-likeness (QED) is 0.887. The van der Waals surface area contributed by atoms with E-state index in [0.29, 0.717) is 22.4 Å². The van der Waals surface area contributed by atoms with Gasteiger partial charge in [0.2, 0.25) is 11.7 Å². The molecule has 0 saturated heterocycles. The van der Waals surface area contributed by atoms with Crippen molar-refractivity contribution >= 4 is 11.6 Å². The second-order valence-corrected chi connectivity index (χ2v) is 3.77. The molecule has 6 heteroatoms. The van der Waals surface area contributed by atoms with E-state index in [0.717, 1.165) is 6.42 Å². The normalized spacial score (nSPS) is 12.7. The lowest BCUT2D eigenvalue weighted by molar-refractivity contribution is 0.352. The first-order valence-electron chi connectivity index (χ1n) is 4.92. The SMILES string of the molecule is CC[C@H](N)c1nc(-c2ccc(Cl)cn2)no1. The highest BCUT2D eigenvalue weighted by molar-refractivity contribution is 6.30. The monoisotopic (exact) mass is 238 g/mol. The van der Waals surface area contributed by atoms with Crippen LogP contribution in [-0.4, -0.2) is 15.1 Å². The van der Waals surface area contributed by atoms with E-state index in [2.05, 4.69) is 15.1 Å². The van der Waals surface area contributed by atoms with Gasteiger partial charge in [-0.1, -0.05) is 23.7 Å². The third-order valence-electron chi connectivity index (χ3n) is 2.16. The molecule has 0 amide bonds. The van der Waals surface area contributed by atoms with Gasteiger partial charge in [0.15, 0.2) is 0 Å². The van der Waals surface area contributed by atoms with Crippen LogP contribution in [0.2, 0.25) is 5.02 Å². The molecule has 84 valence electrons. The van der Waals surface area contributed by atoms with Crippen LogP contribution in [0.3, 0.4) is 0 Å². The van der Waals surface area contributed by atoms with Crippen molar-refractivity contribution in [2.24, 2.45) is 5.73 Å². The molecular formula is C10H11ClN4O. The lowest BCUT2D eigenvalue weighted by atomic mass is 10.2. The maximum Gasteiger partial charge on any atom is 0.243 e. The summed E-state index contributed by atoms with van der Waals surface area (Å²) in [5, 5.41) is 4.38. The second-order valence-electron chi connectivity index (χ2n) is 3.33. The molecule has 0 fully saturated rings. The standard InChI is InChI=1S/C10H11ClN4O/c1-2-7(12)10-14-9(15-16-10)8-4-3-6(11)5-13-8/h3-5,7H,2,12H2,1H3/t7-/m0/s1. The van der Waals surface area contributed by atoms with Crippen LogP contribution in [0.5, 0.6) is 0 Å². The van der Waals surface area contributed by atoms with Gasteiger partial charge in [0.1, 0.15) is 5.69 Å². The largest absolute Gasteiger partial charge is 0.337 e. The third-order valence-corrected chi connectivity index (χ3v) is 2.38. The molecule has 0 spiro atoms. The number of aromatic nitrogens is 3. The Labute approximate surface area is 97.6 Å². The van der Waals surface area contributed by atoms with Crippen molar-refractivity contribution in [3.05, 3.63) is 29.2 Å². The number of hydrogen-bond donors (Lipinski definition) is 1. The van der Waals surface area contributed by atoms with Crippen molar-refractivity contribution in [2.45, 2.75) is 19.4 Å². The molecule has 2 heterocycles. The van der Waals surface area contributed by atoms with Crippen molar-refractivity contribution in [3.63, 3.8) is 0 Å². The average Bonchev–Trinajstić information content (AvgIpc) is 2.78. The molecular weight excluding hydrogens is 228 g/mol. The summed E-state index contributed by atoms with van der Waals surface area (Å²) >= 11 is 5.73. The summed E-state index contributed by atoms with van der Waals surface area (Å²) in [4.78, 5) is 8.26. The first kappa shape index (κ1) is 11.0. The van der Waals surface area contributed by atoms with Crippen LogP contribution in [0.15, 0.2) is 22.9 Å². The fraction of sp³-hybridized carbons (Fsp3) is 0.300. The Morgan fingerprint density at radius 2 is 2.31 bits per heavy atom. The third kappa shape index (κ3) is 2.20. The smallest absolute Gasteiger partial charge is 0.243 e. The summed E-state index contributed by atoms with van der Waals surface area (Å²) in [6.45, 7) is 1.95. The van der Waals surface area contributed by atoms with Crippen LogP contribution in [0.25, 0.3) is 11.5 Å². The fourth-order valence-corrected chi connectivity index (χ4v) is 1.28. The number of halogens is 1. The van der Waals surface area contributed by atoms with E-state index >= 15 is 0 Å². The molecule has 16 heavy (non-hydrogen) atoms. The highest BCUT2D eigenvalue weighted by Crippen LogP contribution is 2.18. The minimum absolute atomic E-state index is 0.228. The van der Waals surface area contributed by atoms with E-state index in [1.807, 2.05) is 6.92 Å². The molecule has 1 atom stereocenters. The topological polar surface area (TPSA) is 77.8 Å². The highest BCUT2D eigenvalue weighted by Gasteiger charge is 2.14. The maximum absolute atomic E-state index is 5.77. The van der Waals surface area contributed by atoms with Gasteiger partial charge in [0, 0.05) is 6.20 Å². The molecule has 2 N–H and O–H groups in total. The van der Waals surface area contributed by atoms with E-state index in [1.54, 1.807) is 12.1 Å². The molecule has 0 aliphatic heterocycles. The van der Waals surface area contributed by atoms with Gasteiger partial charge < -0.3 is 10.3 Å². The Kier molecular flexibility index (Phi) is 3.17. The maximum atomic E-state index is 5.77. The summed E-state index contributed by atoms with van der Waals surface area (Å²) in [5.41, 5.74) is 6.39. The van der Waals surface area contributed by atoms with Crippen LogP contribution in [0.1, 0.15) is 25.3 Å². The number of nitrogens with two attached hydrogens (primary N) is 1. The summed E-state index contributed by atoms with van der Waals surface area (Å²) in [7, 11) is 0. The number of pyridine rings is 1. The Morgan fingerprint density at radius 1 is 1.50 bits per heavy atom. The molecule has 0 saturated carbocycles. The molecule has 0 radical (unpaired) electrons. The van der Waals surface area contributed by atoms with Gasteiger partial charge in [-0.05, 0) is 18.6 Å². The zero-order valence-corrected chi connectivity index (χ0v) is 9.48. The van der Waals surface area contributed by atoms with Gasteiger partial charge in [-0.15, -0.1) is 0 Å². The summed E-state index contributed by atoms with van der Waals surface area (Å²) in [6, 6.07) is 3.22. The number of hydrogen-bond acceptors (Lipinski definition) is 5. The lowest BCUT2D eigenvalue weighted by Gasteiger charge is -1.99. The number of nitrogens with zero attached hydrogens (tertiary/aromatic N) is 3. The minimum atomic E-state index is -0.228. The summed E-state index contributed by atoms with van der Waals surface area (Å²) in [5.74, 6) is 0.852. The van der Waals surface area contributed by atoms with Crippen molar-refractivity contribution in [1.82, 2.24) is 15.1 Å².